The SMILES string of the molecule is COc1ccccc1CNC(=O)c1ccc2c(=O)n(Cc3ccccc3)c(N3CCCC3)nc2c1. The molecule has 1 aromatic heterocycles. The van der Waals surface area contributed by atoms with Crippen LogP contribution in [0.2, 0.25) is 0 Å². The zero-order chi connectivity index (χ0) is 24.2. The van der Waals surface area contributed by atoms with Crippen LogP contribution in [0.3, 0.4) is 0 Å². The summed E-state index contributed by atoms with van der Waals surface area (Å²) < 4.78 is 7.12. The van der Waals surface area contributed by atoms with Crippen molar-refractivity contribution in [3.63, 3.8) is 0 Å². The third-order valence-corrected chi connectivity index (χ3v) is 6.40. The lowest BCUT2D eigenvalue weighted by Crippen LogP contribution is -2.31. The normalized spacial score (nSPS) is 13.2. The second kappa shape index (κ2) is 10.0. The summed E-state index contributed by atoms with van der Waals surface area (Å²) in [5.74, 6) is 1.16. The molecule has 0 aliphatic carbocycles. The highest BCUT2D eigenvalue weighted by molar-refractivity contribution is 5.97. The predicted molar refractivity (Wildman–Crippen MR) is 137 cm³/mol. The standard InChI is InChI=1S/C28H28N4O3/c1-35-25-12-6-5-11-22(25)18-29-26(33)21-13-14-23-24(17-21)30-28(31-15-7-8-16-31)32(27(23)34)19-20-9-3-2-4-10-20/h2-6,9-14,17H,7-8,15-16,18-19H2,1H3,(H,29,33). The van der Waals surface area contributed by atoms with E-state index in [9.17, 15) is 9.59 Å². The van der Waals surface area contributed by atoms with E-state index >= 15 is 0 Å². The molecular weight excluding hydrogens is 440 g/mol. The van der Waals surface area contributed by atoms with Crippen LogP contribution in [0.4, 0.5) is 5.95 Å². The van der Waals surface area contributed by atoms with Crippen LogP contribution in [-0.2, 0) is 13.1 Å². The highest BCUT2D eigenvalue weighted by Crippen LogP contribution is 2.22. The van der Waals surface area contributed by atoms with Crippen molar-refractivity contribution in [2.75, 3.05) is 25.1 Å². The number of rotatable bonds is 7. The second-order valence-electron chi connectivity index (χ2n) is 8.71. The van der Waals surface area contributed by atoms with E-state index in [0.29, 0.717) is 35.5 Å². The summed E-state index contributed by atoms with van der Waals surface area (Å²) in [4.78, 5) is 33.5. The van der Waals surface area contributed by atoms with Crippen LogP contribution in [0.25, 0.3) is 10.9 Å². The Labute approximate surface area is 204 Å². The van der Waals surface area contributed by atoms with Gasteiger partial charge in [-0.1, -0.05) is 48.5 Å². The minimum atomic E-state index is -0.226. The van der Waals surface area contributed by atoms with E-state index in [-0.39, 0.29) is 11.5 Å². The van der Waals surface area contributed by atoms with Gasteiger partial charge in [-0.05, 0) is 42.7 Å². The number of para-hydroxylation sites is 1. The number of ether oxygens (including phenoxy) is 1. The number of nitrogens with one attached hydrogen (secondary N) is 1. The molecule has 0 bridgehead atoms. The number of hydrogen-bond acceptors (Lipinski definition) is 5. The summed E-state index contributed by atoms with van der Waals surface area (Å²) in [7, 11) is 1.61. The summed E-state index contributed by atoms with van der Waals surface area (Å²) in [5.41, 5.74) is 2.84. The minimum Gasteiger partial charge on any atom is -0.496 e. The van der Waals surface area contributed by atoms with Gasteiger partial charge in [0.15, 0.2) is 0 Å². The van der Waals surface area contributed by atoms with Crippen LogP contribution in [0, 0.1) is 0 Å². The van der Waals surface area contributed by atoms with Crippen LogP contribution >= 0.6 is 0 Å². The Balaban J connectivity index is 1.48. The number of amides is 1. The fourth-order valence-electron chi connectivity index (χ4n) is 4.54. The quantitative estimate of drug-likeness (QED) is 0.444. The molecule has 0 unspecified atom stereocenters. The number of nitrogens with zero attached hydrogens (tertiary/aromatic N) is 3. The van der Waals surface area contributed by atoms with Crippen molar-refractivity contribution >= 4 is 22.8 Å². The van der Waals surface area contributed by atoms with Crippen molar-refractivity contribution in [1.82, 2.24) is 14.9 Å². The van der Waals surface area contributed by atoms with Crippen LogP contribution in [0.15, 0.2) is 77.6 Å². The highest BCUT2D eigenvalue weighted by atomic mass is 16.5. The topological polar surface area (TPSA) is 76.5 Å². The van der Waals surface area contributed by atoms with Gasteiger partial charge in [-0.15, -0.1) is 0 Å². The third kappa shape index (κ3) is 4.75. The molecule has 1 aliphatic rings. The minimum absolute atomic E-state index is 0.0956. The number of hydrogen-bond donors (Lipinski definition) is 1. The first-order chi connectivity index (χ1) is 17.1. The molecule has 35 heavy (non-hydrogen) atoms. The second-order valence-corrected chi connectivity index (χ2v) is 8.71. The molecule has 0 radical (unpaired) electrons. The molecular formula is C28H28N4O3. The van der Waals surface area contributed by atoms with E-state index in [1.54, 1.807) is 29.9 Å². The van der Waals surface area contributed by atoms with E-state index in [4.69, 9.17) is 9.72 Å². The number of carbonyl (C=O) groups is 1. The molecule has 2 heterocycles. The molecule has 1 fully saturated rings. The average Bonchev–Trinajstić information content (AvgIpc) is 3.44. The van der Waals surface area contributed by atoms with Crippen molar-refractivity contribution in [3.05, 3.63) is 99.8 Å². The molecule has 1 aliphatic heterocycles. The number of carbonyl (C=O) groups excluding carboxylic acids is 1. The Kier molecular flexibility index (Phi) is 6.48. The zero-order valence-electron chi connectivity index (χ0n) is 19.7. The fourth-order valence-corrected chi connectivity index (χ4v) is 4.54. The van der Waals surface area contributed by atoms with Gasteiger partial charge in [0, 0.05) is 30.8 Å². The summed E-state index contributed by atoms with van der Waals surface area (Å²) in [6.45, 7) is 2.53. The van der Waals surface area contributed by atoms with Crippen molar-refractivity contribution in [2.24, 2.45) is 0 Å². The van der Waals surface area contributed by atoms with E-state index in [0.717, 1.165) is 42.8 Å². The van der Waals surface area contributed by atoms with Gasteiger partial charge in [-0.3, -0.25) is 14.2 Å². The number of fused-ring (bicyclic) bond motifs is 1. The Morgan fingerprint density at radius 1 is 1.00 bits per heavy atom. The molecule has 0 atom stereocenters. The number of aromatic nitrogens is 2. The number of methoxy groups -OCH3 is 1. The van der Waals surface area contributed by atoms with Gasteiger partial charge in [-0.2, -0.15) is 0 Å². The van der Waals surface area contributed by atoms with Crippen LogP contribution in [-0.4, -0.2) is 35.7 Å². The first-order valence-corrected chi connectivity index (χ1v) is 11.9. The van der Waals surface area contributed by atoms with Gasteiger partial charge in [0.2, 0.25) is 5.95 Å². The molecule has 7 heteroatoms. The van der Waals surface area contributed by atoms with E-state index < -0.39 is 0 Å². The molecule has 1 amide bonds. The van der Waals surface area contributed by atoms with Gasteiger partial charge in [0.05, 0.1) is 24.6 Å². The number of benzene rings is 3. The van der Waals surface area contributed by atoms with Gasteiger partial charge in [0.25, 0.3) is 11.5 Å². The summed E-state index contributed by atoms with van der Waals surface area (Å²) >= 11 is 0. The monoisotopic (exact) mass is 468 g/mol. The molecule has 4 aromatic rings. The summed E-state index contributed by atoms with van der Waals surface area (Å²) in [6.07, 6.45) is 2.15. The summed E-state index contributed by atoms with van der Waals surface area (Å²) in [5, 5.41) is 3.45. The molecule has 5 rings (SSSR count). The maximum Gasteiger partial charge on any atom is 0.263 e. The smallest absolute Gasteiger partial charge is 0.263 e. The lowest BCUT2D eigenvalue weighted by Gasteiger charge is -2.22. The van der Waals surface area contributed by atoms with E-state index in [1.165, 1.54) is 0 Å². The van der Waals surface area contributed by atoms with Crippen LogP contribution < -0.4 is 20.5 Å². The fraction of sp³-hybridized carbons (Fsp3) is 0.250. The van der Waals surface area contributed by atoms with Crippen LogP contribution in [0.1, 0.15) is 34.3 Å². The Bertz CT molecular complexity index is 1410. The molecule has 0 saturated carbocycles. The lowest BCUT2D eigenvalue weighted by molar-refractivity contribution is 0.0951. The van der Waals surface area contributed by atoms with Gasteiger partial charge < -0.3 is 15.0 Å². The Hall–Kier alpha value is -4.13. The van der Waals surface area contributed by atoms with E-state index in [2.05, 4.69) is 10.2 Å². The maximum absolute atomic E-state index is 13.6. The molecule has 178 valence electrons. The third-order valence-electron chi connectivity index (χ3n) is 6.40. The average molecular weight is 469 g/mol. The van der Waals surface area contributed by atoms with Gasteiger partial charge >= 0.3 is 0 Å². The van der Waals surface area contributed by atoms with Gasteiger partial charge in [0.1, 0.15) is 5.75 Å². The largest absolute Gasteiger partial charge is 0.496 e. The lowest BCUT2D eigenvalue weighted by atomic mass is 10.1. The predicted octanol–water partition coefficient (Wildman–Crippen LogP) is 3.98. The van der Waals surface area contributed by atoms with Crippen molar-refractivity contribution < 1.29 is 9.53 Å². The van der Waals surface area contributed by atoms with Crippen molar-refractivity contribution in [3.8, 4) is 5.75 Å². The Morgan fingerprint density at radius 2 is 1.74 bits per heavy atom. The Morgan fingerprint density at radius 3 is 2.51 bits per heavy atom. The van der Waals surface area contributed by atoms with Crippen molar-refractivity contribution in [2.45, 2.75) is 25.9 Å². The maximum atomic E-state index is 13.6. The molecule has 1 saturated heterocycles. The number of anilines is 1. The first-order valence-electron chi connectivity index (χ1n) is 11.9. The van der Waals surface area contributed by atoms with Crippen LogP contribution in [0.5, 0.6) is 5.75 Å². The van der Waals surface area contributed by atoms with Gasteiger partial charge in [-0.25, -0.2) is 4.98 Å². The van der Waals surface area contributed by atoms with E-state index in [1.807, 2.05) is 54.6 Å². The highest BCUT2D eigenvalue weighted by Gasteiger charge is 2.21. The summed E-state index contributed by atoms with van der Waals surface area (Å²) in [6, 6.07) is 22.6. The molecule has 7 nitrogen and oxygen atoms in total. The molecule has 1 N–H and O–H groups in total. The van der Waals surface area contributed by atoms with Crippen molar-refractivity contribution in [1.29, 1.82) is 0 Å². The molecule has 3 aromatic carbocycles. The zero-order valence-corrected chi connectivity index (χ0v) is 19.7. The first kappa shape index (κ1) is 22.7. The molecule has 0 spiro atoms.